The van der Waals surface area contributed by atoms with Gasteiger partial charge in [0.05, 0.1) is 4.90 Å². The van der Waals surface area contributed by atoms with Gasteiger partial charge in [0.25, 0.3) is 10.1 Å². The molecule has 0 bridgehead atoms. The van der Waals surface area contributed by atoms with Crippen molar-refractivity contribution in [3.8, 4) is 16.9 Å². The van der Waals surface area contributed by atoms with Gasteiger partial charge in [-0.25, -0.2) is 0 Å². The molecule has 0 aliphatic carbocycles. The van der Waals surface area contributed by atoms with Gasteiger partial charge in [0.15, 0.2) is 0 Å². The lowest BCUT2D eigenvalue weighted by Gasteiger charge is -2.08. The molecule has 134 valence electrons. The zero-order valence-electron chi connectivity index (χ0n) is 14.5. The quantitative estimate of drug-likeness (QED) is 0.457. The number of hydrogen-bond acceptors (Lipinski definition) is 4. The molecule has 0 radical (unpaired) electrons. The largest absolute Gasteiger partial charge is 0.491 e. The van der Waals surface area contributed by atoms with Crippen LogP contribution in [-0.4, -0.2) is 21.6 Å². The molecule has 0 aromatic heterocycles. The molecule has 4 nitrogen and oxygen atoms in total. The van der Waals surface area contributed by atoms with E-state index < -0.39 is 10.1 Å². The van der Waals surface area contributed by atoms with Gasteiger partial charge in [-0.05, 0) is 42.3 Å². The zero-order valence-corrected chi connectivity index (χ0v) is 15.3. The minimum Gasteiger partial charge on any atom is -0.491 e. The van der Waals surface area contributed by atoms with Crippen LogP contribution in [0.1, 0.15) is 5.56 Å². The predicted octanol–water partition coefficient (Wildman–Crippen LogP) is 4.45. The van der Waals surface area contributed by atoms with E-state index in [1.807, 2.05) is 49.4 Å². The highest BCUT2D eigenvalue weighted by Gasteiger charge is 2.15. The minimum absolute atomic E-state index is 0.0447. The van der Waals surface area contributed by atoms with E-state index >= 15 is 0 Å². The third kappa shape index (κ3) is 4.71. The van der Waals surface area contributed by atoms with Crippen LogP contribution in [0.15, 0.2) is 83.8 Å². The maximum absolute atomic E-state index is 12.3. The molecule has 0 fully saturated rings. The Labute approximate surface area is 154 Å². The molecule has 0 amide bonds. The van der Waals surface area contributed by atoms with Crippen LogP contribution < -0.4 is 4.74 Å². The van der Waals surface area contributed by atoms with E-state index in [0.717, 1.165) is 11.1 Å². The second-order valence-corrected chi connectivity index (χ2v) is 7.44. The molecule has 0 unspecified atom stereocenters. The van der Waals surface area contributed by atoms with Crippen molar-refractivity contribution in [3.63, 3.8) is 0 Å². The molecule has 0 saturated carbocycles. The number of ether oxygens (including phenoxy) is 1. The van der Waals surface area contributed by atoms with Crippen LogP contribution in [0.4, 0.5) is 0 Å². The van der Waals surface area contributed by atoms with Crippen molar-refractivity contribution in [1.82, 2.24) is 0 Å². The highest BCUT2D eigenvalue weighted by Crippen LogP contribution is 2.22. The van der Waals surface area contributed by atoms with Crippen LogP contribution in [-0.2, 0) is 14.3 Å². The van der Waals surface area contributed by atoms with Gasteiger partial charge in [0.1, 0.15) is 19.0 Å². The number of rotatable bonds is 7. The van der Waals surface area contributed by atoms with Gasteiger partial charge in [-0.2, -0.15) is 8.42 Å². The molecule has 0 aliphatic heterocycles. The van der Waals surface area contributed by atoms with Crippen LogP contribution in [0.3, 0.4) is 0 Å². The van der Waals surface area contributed by atoms with Crippen molar-refractivity contribution < 1.29 is 17.3 Å². The lowest BCUT2D eigenvalue weighted by atomic mass is 10.0. The molecule has 0 spiro atoms. The average molecular weight is 368 g/mol. The fourth-order valence-corrected chi connectivity index (χ4v) is 3.34. The summed E-state index contributed by atoms with van der Waals surface area (Å²) in [6, 6.07) is 23.9. The fraction of sp³-hybridized carbons (Fsp3) is 0.143. The van der Waals surface area contributed by atoms with Crippen molar-refractivity contribution >= 4 is 10.1 Å². The lowest BCUT2D eigenvalue weighted by molar-refractivity contribution is 0.221. The third-order valence-electron chi connectivity index (χ3n) is 3.86. The molecule has 26 heavy (non-hydrogen) atoms. The Hall–Kier alpha value is -2.63. The lowest BCUT2D eigenvalue weighted by Crippen LogP contribution is -2.13. The number of benzene rings is 3. The first kappa shape index (κ1) is 18.2. The Bertz CT molecular complexity index is 932. The normalized spacial score (nSPS) is 11.3. The summed E-state index contributed by atoms with van der Waals surface area (Å²) in [5, 5.41) is 0. The summed E-state index contributed by atoms with van der Waals surface area (Å²) >= 11 is 0. The van der Waals surface area contributed by atoms with E-state index in [0.29, 0.717) is 5.75 Å². The van der Waals surface area contributed by atoms with Crippen LogP contribution >= 0.6 is 0 Å². The summed E-state index contributed by atoms with van der Waals surface area (Å²) in [7, 11) is -3.80. The highest BCUT2D eigenvalue weighted by atomic mass is 32.2. The molecular formula is C21H20O4S. The Kier molecular flexibility index (Phi) is 5.71. The van der Waals surface area contributed by atoms with E-state index in [9.17, 15) is 8.42 Å². The number of para-hydroxylation sites is 1. The average Bonchev–Trinajstić information content (AvgIpc) is 2.67. The molecule has 3 aromatic rings. The first-order valence-electron chi connectivity index (χ1n) is 8.29. The van der Waals surface area contributed by atoms with Crippen LogP contribution in [0, 0.1) is 6.92 Å². The summed E-state index contributed by atoms with van der Waals surface area (Å²) < 4.78 is 35.0. The molecule has 0 N–H and O–H groups in total. The topological polar surface area (TPSA) is 52.6 Å². The zero-order chi connectivity index (χ0) is 18.4. The summed E-state index contributed by atoms with van der Waals surface area (Å²) in [5.41, 5.74) is 3.17. The molecule has 0 heterocycles. The van der Waals surface area contributed by atoms with Gasteiger partial charge in [-0.1, -0.05) is 60.2 Å². The maximum atomic E-state index is 12.3. The molecule has 3 rings (SSSR count). The van der Waals surface area contributed by atoms with Gasteiger partial charge in [-0.3, -0.25) is 4.18 Å². The van der Waals surface area contributed by atoms with E-state index in [-0.39, 0.29) is 18.1 Å². The summed E-state index contributed by atoms with van der Waals surface area (Å²) in [6.45, 7) is 2.14. The summed E-state index contributed by atoms with van der Waals surface area (Å²) in [4.78, 5) is 0.132. The summed E-state index contributed by atoms with van der Waals surface area (Å²) in [6.07, 6.45) is 0. The molecule has 3 aromatic carbocycles. The predicted molar refractivity (Wildman–Crippen MR) is 102 cm³/mol. The Morgan fingerprint density at radius 2 is 1.31 bits per heavy atom. The van der Waals surface area contributed by atoms with Crippen molar-refractivity contribution in [2.45, 2.75) is 11.8 Å². The van der Waals surface area contributed by atoms with Crippen molar-refractivity contribution in [3.05, 3.63) is 84.4 Å². The van der Waals surface area contributed by atoms with E-state index in [1.54, 1.807) is 36.4 Å². The molecular weight excluding hydrogens is 348 g/mol. The Balaban J connectivity index is 1.59. The van der Waals surface area contributed by atoms with Crippen molar-refractivity contribution in [2.75, 3.05) is 13.2 Å². The fourth-order valence-electron chi connectivity index (χ4n) is 2.45. The first-order valence-corrected chi connectivity index (χ1v) is 9.70. The second kappa shape index (κ2) is 8.17. The van der Waals surface area contributed by atoms with E-state index in [1.165, 1.54) is 5.56 Å². The van der Waals surface area contributed by atoms with Crippen LogP contribution in [0.25, 0.3) is 11.1 Å². The second-order valence-electron chi connectivity index (χ2n) is 5.83. The maximum Gasteiger partial charge on any atom is 0.297 e. The molecule has 5 heteroatoms. The Morgan fingerprint density at radius 3 is 1.92 bits per heavy atom. The minimum atomic E-state index is -3.80. The Morgan fingerprint density at radius 1 is 0.731 bits per heavy atom. The van der Waals surface area contributed by atoms with Gasteiger partial charge in [0, 0.05) is 0 Å². The van der Waals surface area contributed by atoms with Crippen molar-refractivity contribution in [1.29, 1.82) is 0 Å². The third-order valence-corrected chi connectivity index (χ3v) is 5.19. The van der Waals surface area contributed by atoms with Crippen molar-refractivity contribution in [2.24, 2.45) is 0 Å². The van der Waals surface area contributed by atoms with Gasteiger partial charge in [0.2, 0.25) is 0 Å². The first-order chi connectivity index (χ1) is 12.5. The highest BCUT2D eigenvalue weighted by molar-refractivity contribution is 7.86. The number of aryl methyl sites for hydroxylation is 1. The molecule has 0 atom stereocenters. The molecule has 0 saturated heterocycles. The van der Waals surface area contributed by atoms with E-state index in [4.69, 9.17) is 8.92 Å². The van der Waals surface area contributed by atoms with E-state index in [2.05, 4.69) is 0 Å². The van der Waals surface area contributed by atoms with Gasteiger partial charge >= 0.3 is 0 Å². The SMILES string of the molecule is Cc1ccc(-c2ccc(S(=O)(=O)OCCOc3ccccc3)cc2)cc1. The molecule has 0 aliphatic rings. The summed E-state index contributed by atoms with van der Waals surface area (Å²) in [5.74, 6) is 0.677. The standard InChI is InChI=1S/C21H20O4S/c1-17-7-9-18(10-8-17)19-11-13-21(14-12-19)26(22,23)25-16-15-24-20-5-3-2-4-6-20/h2-14H,15-16H2,1H3. The number of hydrogen-bond donors (Lipinski definition) is 0. The van der Waals surface area contributed by atoms with Gasteiger partial charge < -0.3 is 4.74 Å². The van der Waals surface area contributed by atoms with Gasteiger partial charge in [-0.15, -0.1) is 0 Å². The van der Waals surface area contributed by atoms with Crippen LogP contribution in [0.5, 0.6) is 5.75 Å². The van der Waals surface area contributed by atoms with Crippen LogP contribution in [0.2, 0.25) is 0 Å². The smallest absolute Gasteiger partial charge is 0.297 e. The monoisotopic (exact) mass is 368 g/mol.